The van der Waals surface area contributed by atoms with E-state index in [2.05, 4.69) is 57.8 Å². The number of nitrogens with one attached hydrogen (secondary N) is 2. The van der Waals surface area contributed by atoms with Crippen LogP contribution in [-0.4, -0.2) is 5.11 Å². The molecule has 0 unspecified atom stereocenters. The van der Waals surface area contributed by atoms with E-state index in [0.29, 0.717) is 5.11 Å². The lowest BCUT2D eigenvalue weighted by Gasteiger charge is -2.11. The Labute approximate surface area is 133 Å². The summed E-state index contributed by atoms with van der Waals surface area (Å²) in [7, 11) is 0. The third kappa shape index (κ3) is 4.62. The summed E-state index contributed by atoms with van der Waals surface area (Å²) < 4.78 is 1.02. The second-order valence-corrected chi connectivity index (χ2v) is 5.86. The van der Waals surface area contributed by atoms with Crippen LogP contribution in [-0.2, 0) is 6.42 Å². The van der Waals surface area contributed by atoms with Crippen molar-refractivity contribution in [2.45, 2.75) is 19.8 Å². The Morgan fingerprint density at radius 2 is 1.75 bits per heavy atom. The first-order valence-corrected chi connectivity index (χ1v) is 7.80. The molecule has 0 heterocycles. The van der Waals surface area contributed by atoms with Gasteiger partial charge in [0.25, 0.3) is 0 Å². The van der Waals surface area contributed by atoms with E-state index in [1.807, 2.05) is 24.3 Å². The highest BCUT2D eigenvalue weighted by Gasteiger charge is 2.00. The molecule has 0 aromatic heterocycles. The summed E-state index contributed by atoms with van der Waals surface area (Å²) in [5.74, 6) is 0. The molecular weight excluding hydrogens is 332 g/mol. The summed E-state index contributed by atoms with van der Waals surface area (Å²) in [6.45, 7) is 2.18. The summed E-state index contributed by atoms with van der Waals surface area (Å²) in [5.41, 5.74) is 3.31. The van der Waals surface area contributed by atoms with Gasteiger partial charge in [0, 0.05) is 15.8 Å². The van der Waals surface area contributed by atoms with Crippen molar-refractivity contribution in [3.63, 3.8) is 0 Å². The average molecular weight is 349 g/mol. The van der Waals surface area contributed by atoms with E-state index in [9.17, 15) is 0 Å². The second kappa shape index (κ2) is 7.41. The van der Waals surface area contributed by atoms with Crippen LogP contribution in [0.2, 0.25) is 0 Å². The van der Waals surface area contributed by atoms with Crippen molar-refractivity contribution in [1.29, 1.82) is 0 Å². The number of rotatable bonds is 4. The van der Waals surface area contributed by atoms with Crippen molar-refractivity contribution in [3.8, 4) is 0 Å². The quantitative estimate of drug-likeness (QED) is 0.741. The number of hydrogen-bond donors (Lipinski definition) is 2. The topological polar surface area (TPSA) is 24.1 Å². The Morgan fingerprint density at radius 1 is 1.05 bits per heavy atom. The van der Waals surface area contributed by atoms with E-state index < -0.39 is 0 Å². The largest absolute Gasteiger partial charge is 0.332 e. The number of anilines is 2. The first kappa shape index (κ1) is 15.0. The Morgan fingerprint density at radius 3 is 2.40 bits per heavy atom. The van der Waals surface area contributed by atoms with E-state index in [4.69, 9.17) is 12.2 Å². The van der Waals surface area contributed by atoms with E-state index in [1.54, 1.807) is 0 Å². The number of aryl methyl sites for hydroxylation is 1. The third-order valence-corrected chi connectivity index (χ3v) is 3.53. The molecular formula is C16H17BrN2S. The zero-order chi connectivity index (χ0) is 14.4. The first-order valence-electron chi connectivity index (χ1n) is 6.60. The molecule has 104 valence electrons. The molecule has 0 radical (unpaired) electrons. The summed E-state index contributed by atoms with van der Waals surface area (Å²) >= 11 is 8.75. The van der Waals surface area contributed by atoms with E-state index in [1.165, 1.54) is 5.56 Å². The molecule has 0 saturated heterocycles. The Balaban J connectivity index is 1.94. The first-order chi connectivity index (χ1) is 9.67. The number of thiocarbonyl (C=S) groups is 1. The van der Waals surface area contributed by atoms with E-state index in [0.717, 1.165) is 28.7 Å². The molecule has 0 aliphatic carbocycles. The van der Waals surface area contributed by atoms with Crippen LogP contribution in [0.15, 0.2) is 53.0 Å². The van der Waals surface area contributed by atoms with Gasteiger partial charge in [-0.3, -0.25) is 0 Å². The standard InChI is InChI=1S/C16H17BrN2S/c1-2-4-12-7-9-14(10-8-12)18-16(20)19-15-6-3-5-13(17)11-15/h3,5-11H,2,4H2,1H3,(H2,18,19,20). The second-order valence-electron chi connectivity index (χ2n) is 4.54. The van der Waals surface area contributed by atoms with Crippen LogP contribution in [0.3, 0.4) is 0 Å². The third-order valence-electron chi connectivity index (χ3n) is 2.83. The zero-order valence-electron chi connectivity index (χ0n) is 11.3. The molecule has 0 atom stereocenters. The molecule has 2 rings (SSSR count). The van der Waals surface area contributed by atoms with Crippen LogP contribution in [0, 0.1) is 0 Å². The molecule has 2 aromatic carbocycles. The minimum absolute atomic E-state index is 0.589. The predicted molar refractivity (Wildman–Crippen MR) is 94.4 cm³/mol. The van der Waals surface area contributed by atoms with Crippen LogP contribution in [0.4, 0.5) is 11.4 Å². The zero-order valence-corrected chi connectivity index (χ0v) is 13.7. The van der Waals surface area contributed by atoms with Crippen LogP contribution < -0.4 is 10.6 Å². The van der Waals surface area contributed by atoms with Gasteiger partial charge >= 0.3 is 0 Å². The van der Waals surface area contributed by atoms with Gasteiger partial charge in [-0.15, -0.1) is 0 Å². The number of benzene rings is 2. The molecule has 0 amide bonds. The van der Waals surface area contributed by atoms with Crippen molar-refractivity contribution in [1.82, 2.24) is 0 Å². The minimum atomic E-state index is 0.589. The fourth-order valence-electron chi connectivity index (χ4n) is 1.90. The maximum atomic E-state index is 5.31. The average Bonchev–Trinajstić information content (AvgIpc) is 2.41. The molecule has 0 spiro atoms. The van der Waals surface area contributed by atoms with Crippen molar-refractivity contribution in [3.05, 3.63) is 58.6 Å². The van der Waals surface area contributed by atoms with Crippen molar-refractivity contribution in [2.75, 3.05) is 10.6 Å². The van der Waals surface area contributed by atoms with Gasteiger partial charge in [0.2, 0.25) is 0 Å². The smallest absolute Gasteiger partial charge is 0.175 e. The van der Waals surface area contributed by atoms with Gasteiger partial charge in [-0.1, -0.05) is 47.5 Å². The number of halogens is 1. The van der Waals surface area contributed by atoms with Crippen LogP contribution in [0.1, 0.15) is 18.9 Å². The van der Waals surface area contributed by atoms with E-state index >= 15 is 0 Å². The lowest BCUT2D eigenvalue weighted by atomic mass is 10.1. The Hall–Kier alpha value is -1.39. The highest BCUT2D eigenvalue weighted by Crippen LogP contribution is 2.16. The fourth-order valence-corrected chi connectivity index (χ4v) is 2.54. The molecule has 0 aliphatic heterocycles. The summed E-state index contributed by atoms with van der Waals surface area (Å²) in [6, 6.07) is 16.3. The molecule has 0 bridgehead atoms. The minimum Gasteiger partial charge on any atom is -0.332 e. The van der Waals surface area contributed by atoms with Gasteiger partial charge in [0.05, 0.1) is 0 Å². The molecule has 0 fully saturated rings. The predicted octanol–water partition coefficient (Wildman–Crippen LogP) is 5.21. The molecule has 20 heavy (non-hydrogen) atoms. The molecule has 2 aromatic rings. The van der Waals surface area contributed by atoms with Crippen LogP contribution >= 0.6 is 28.1 Å². The molecule has 4 heteroatoms. The maximum Gasteiger partial charge on any atom is 0.175 e. The van der Waals surface area contributed by atoms with Crippen LogP contribution in [0.5, 0.6) is 0 Å². The highest BCUT2D eigenvalue weighted by molar-refractivity contribution is 9.10. The van der Waals surface area contributed by atoms with Gasteiger partial charge in [-0.05, 0) is 54.5 Å². The fraction of sp³-hybridized carbons (Fsp3) is 0.188. The maximum absolute atomic E-state index is 5.31. The lowest BCUT2D eigenvalue weighted by molar-refractivity contribution is 0.922. The molecule has 0 aliphatic rings. The van der Waals surface area contributed by atoms with Gasteiger partial charge in [-0.2, -0.15) is 0 Å². The van der Waals surface area contributed by atoms with Gasteiger partial charge in [-0.25, -0.2) is 0 Å². The van der Waals surface area contributed by atoms with Crippen molar-refractivity contribution < 1.29 is 0 Å². The van der Waals surface area contributed by atoms with Crippen molar-refractivity contribution >= 4 is 44.6 Å². The van der Waals surface area contributed by atoms with Crippen LogP contribution in [0.25, 0.3) is 0 Å². The van der Waals surface area contributed by atoms with Gasteiger partial charge in [0.1, 0.15) is 0 Å². The number of hydrogen-bond acceptors (Lipinski definition) is 1. The van der Waals surface area contributed by atoms with E-state index in [-0.39, 0.29) is 0 Å². The molecule has 0 saturated carbocycles. The Bertz CT molecular complexity index is 581. The lowest BCUT2D eigenvalue weighted by Crippen LogP contribution is -2.18. The molecule has 2 nitrogen and oxygen atoms in total. The normalized spacial score (nSPS) is 10.1. The summed E-state index contributed by atoms with van der Waals surface area (Å²) in [4.78, 5) is 0. The SMILES string of the molecule is CCCc1ccc(NC(=S)Nc2cccc(Br)c2)cc1. The van der Waals surface area contributed by atoms with Gasteiger partial charge < -0.3 is 10.6 Å². The molecule has 2 N–H and O–H groups in total. The van der Waals surface area contributed by atoms with Gasteiger partial charge in [0.15, 0.2) is 5.11 Å². The monoisotopic (exact) mass is 348 g/mol. The summed E-state index contributed by atoms with van der Waals surface area (Å²) in [6.07, 6.45) is 2.27. The summed E-state index contributed by atoms with van der Waals surface area (Å²) in [5, 5.41) is 6.93. The van der Waals surface area contributed by atoms with Crippen molar-refractivity contribution in [2.24, 2.45) is 0 Å². The highest BCUT2D eigenvalue weighted by atomic mass is 79.9. The Kier molecular flexibility index (Phi) is 5.56.